The summed E-state index contributed by atoms with van der Waals surface area (Å²) in [6.45, 7) is 3.93. The average molecular weight is 386 g/mol. The monoisotopic (exact) mass is 386 g/mol. The van der Waals surface area contributed by atoms with E-state index in [1.54, 1.807) is 0 Å². The smallest absolute Gasteiger partial charge is 0.238 e. The van der Waals surface area contributed by atoms with Crippen molar-refractivity contribution < 1.29 is 21.6 Å². The Balaban J connectivity index is 1.88. The molecule has 0 aromatic heterocycles. The zero-order chi connectivity index (χ0) is 18.7. The van der Waals surface area contributed by atoms with Crippen molar-refractivity contribution in [2.75, 3.05) is 10.5 Å². The number of hydrogen-bond acceptors (Lipinski definition) is 5. The molecule has 0 saturated heterocycles. The molecule has 7 nitrogen and oxygen atoms in total. The predicted molar refractivity (Wildman–Crippen MR) is 93.8 cm³/mol. The molecule has 1 aromatic carbocycles. The predicted octanol–water partition coefficient (Wildman–Crippen LogP) is 1.47. The van der Waals surface area contributed by atoms with Gasteiger partial charge >= 0.3 is 0 Å². The van der Waals surface area contributed by atoms with Crippen LogP contribution in [0.2, 0.25) is 0 Å². The Morgan fingerprint density at radius 2 is 1.92 bits per heavy atom. The molecule has 138 valence electrons. The van der Waals surface area contributed by atoms with Crippen LogP contribution in [0.5, 0.6) is 0 Å². The van der Waals surface area contributed by atoms with E-state index in [9.17, 15) is 21.6 Å². The molecule has 0 spiro atoms. The van der Waals surface area contributed by atoms with Crippen LogP contribution in [0.1, 0.15) is 33.1 Å². The third kappa shape index (κ3) is 2.98. The number of rotatable bonds is 5. The van der Waals surface area contributed by atoms with E-state index >= 15 is 0 Å². The highest BCUT2D eigenvalue weighted by atomic mass is 32.2. The van der Waals surface area contributed by atoms with Gasteiger partial charge in [0.05, 0.1) is 16.1 Å². The topological polar surface area (TPSA) is 123 Å². The number of ketones is 1. The lowest BCUT2D eigenvalue weighted by atomic mass is 9.70. The third-order valence-corrected chi connectivity index (χ3v) is 8.34. The molecule has 2 atom stereocenters. The van der Waals surface area contributed by atoms with Crippen molar-refractivity contribution in [3.05, 3.63) is 24.3 Å². The van der Waals surface area contributed by atoms with Crippen molar-refractivity contribution in [3.8, 4) is 0 Å². The van der Waals surface area contributed by atoms with Crippen LogP contribution in [0, 0.1) is 16.7 Å². The number of nitrogens with two attached hydrogens (primary N) is 1. The maximum absolute atomic E-state index is 12.7. The van der Waals surface area contributed by atoms with Crippen LogP contribution in [0.25, 0.3) is 0 Å². The van der Waals surface area contributed by atoms with Crippen LogP contribution < -0.4 is 9.86 Å². The van der Waals surface area contributed by atoms with Gasteiger partial charge in [0, 0.05) is 12.1 Å². The molecule has 1 aromatic rings. The van der Waals surface area contributed by atoms with Gasteiger partial charge in [-0.25, -0.2) is 22.0 Å². The van der Waals surface area contributed by atoms with Crippen LogP contribution in [0.15, 0.2) is 29.2 Å². The van der Waals surface area contributed by atoms with Crippen molar-refractivity contribution >= 4 is 31.5 Å². The summed E-state index contributed by atoms with van der Waals surface area (Å²) in [5.41, 5.74) is -1.12. The lowest BCUT2D eigenvalue weighted by molar-refractivity contribution is -0.128. The normalized spacial score (nSPS) is 28.3. The van der Waals surface area contributed by atoms with E-state index in [-0.39, 0.29) is 33.5 Å². The lowest BCUT2D eigenvalue weighted by Crippen LogP contribution is -2.43. The molecule has 9 heteroatoms. The summed E-state index contributed by atoms with van der Waals surface area (Å²) in [7, 11) is -7.76. The van der Waals surface area contributed by atoms with Crippen LogP contribution in [-0.4, -0.2) is 28.4 Å². The molecule has 2 bridgehead atoms. The molecule has 3 rings (SSSR count). The van der Waals surface area contributed by atoms with Crippen molar-refractivity contribution in [1.29, 1.82) is 0 Å². The molecular weight excluding hydrogens is 364 g/mol. The summed E-state index contributed by atoms with van der Waals surface area (Å²) < 4.78 is 50.6. The van der Waals surface area contributed by atoms with Gasteiger partial charge in [-0.05, 0) is 42.4 Å². The van der Waals surface area contributed by atoms with Crippen molar-refractivity contribution in [1.82, 2.24) is 0 Å². The first-order valence-corrected chi connectivity index (χ1v) is 11.2. The van der Waals surface area contributed by atoms with E-state index in [1.165, 1.54) is 24.3 Å². The van der Waals surface area contributed by atoms with Crippen molar-refractivity contribution in [2.24, 2.45) is 21.9 Å². The van der Waals surface area contributed by atoms with E-state index < -0.39 is 25.5 Å². The van der Waals surface area contributed by atoms with Crippen LogP contribution >= 0.6 is 0 Å². The van der Waals surface area contributed by atoms with Crippen LogP contribution in [0.3, 0.4) is 0 Å². The third-order valence-electron chi connectivity index (χ3n) is 6.01. The van der Waals surface area contributed by atoms with Gasteiger partial charge in [-0.3, -0.25) is 9.52 Å². The SMILES string of the molecule is CC1(C)[C@H]2CC[C@]1(CS(=O)(=O)Nc1cccc(S(N)(=O)=O)c1)C(=O)C2. The molecule has 2 saturated carbocycles. The Kier molecular flexibility index (Phi) is 4.05. The molecule has 2 aliphatic rings. The highest BCUT2D eigenvalue weighted by Crippen LogP contribution is 2.64. The fraction of sp³-hybridized carbons (Fsp3) is 0.562. The second kappa shape index (κ2) is 5.52. The van der Waals surface area contributed by atoms with Gasteiger partial charge in [0.1, 0.15) is 5.78 Å². The fourth-order valence-electron chi connectivity index (χ4n) is 4.38. The Hall–Kier alpha value is -1.45. The van der Waals surface area contributed by atoms with E-state index in [0.717, 1.165) is 6.42 Å². The van der Waals surface area contributed by atoms with Gasteiger partial charge in [-0.1, -0.05) is 19.9 Å². The van der Waals surface area contributed by atoms with Gasteiger partial charge in [0.25, 0.3) is 0 Å². The molecule has 0 heterocycles. The number of benzene rings is 1. The first-order valence-electron chi connectivity index (χ1n) is 8.04. The Morgan fingerprint density at radius 3 is 2.44 bits per heavy atom. The molecule has 2 fully saturated rings. The fourth-order valence-corrected chi connectivity index (χ4v) is 6.83. The molecule has 25 heavy (non-hydrogen) atoms. The van der Waals surface area contributed by atoms with Crippen molar-refractivity contribution in [3.63, 3.8) is 0 Å². The molecule has 2 aliphatic carbocycles. The van der Waals surface area contributed by atoms with Gasteiger partial charge in [0.15, 0.2) is 0 Å². The summed E-state index contributed by atoms with van der Waals surface area (Å²) in [6.07, 6.45) is 1.86. The number of nitrogens with one attached hydrogen (secondary N) is 1. The summed E-state index contributed by atoms with van der Waals surface area (Å²) in [5, 5.41) is 5.07. The maximum atomic E-state index is 12.7. The standard InChI is InChI=1S/C16H22N2O5S2/c1-15(2)11-6-7-16(15,14(19)8-11)10-24(20,21)18-12-4-3-5-13(9-12)25(17,22)23/h3-5,9,11,18H,6-8,10H2,1-2H3,(H2,17,22,23)/t11-,16-/m0/s1. The van der Waals surface area contributed by atoms with Crippen molar-refractivity contribution in [2.45, 2.75) is 38.0 Å². The molecule has 0 aliphatic heterocycles. The van der Waals surface area contributed by atoms with Gasteiger partial charge in [-0.2, -0.15) is 0 Å². The van der Waals surface area contributed by atoms with E-state index in [0.29, 0.717) is 12.8 Å². The summed E-state index contributed by atoms with van der Waals surface area (Å²) in [6, 6.07) is 5.32. The minimum absolute atomic E-state index is 0.0115. The van der Waals surface area contributed by atoms with Crippen LogP contribution in [-0.2, 0) is 24.8 Å². The Bertz CT molecular complexity index is 937. The lowest BCUT2D eigenvalue weighted by Gasteiger charge is -2.36. The summed E-state index contributed by atoms with van der Waals surface area (Å²) in [5.74, 6) is -0.0552. The van der Waals surface area contributed by atoms with Gasteiger partial charge in [-0.15, -0.1) is 0 Å². The van der Waals surface area contributed by atoms with E-state index in [1.807, 2.05) is 13.8 Å². The number of primary sulfonamides is 1. The highest BCUT2D eigenvalue weighted by molar-refractivity contribution is 7.92. The largest absolute Gasteiger partial charge is 0.299 e. The minimum atomic E-state index is -3.93. The maximum Gasteiger partial charge on any atom is 0.238 e. The molecular formula is C16H22N2O5S2. The second-order valence-electron chi connectivity index (χ2n) is 7.60. The number of hydrogen-bond donors (Lipinski definition) is 2. The zero-order valence-corrected chi connectivity index (χ0v) is 15.8. The van der Waals surface area contributed by atoms with E-state index in [4.69, 9.17) is 5.14 Å². The van der Waals surface area contributed by atoms with Gasteiger partial charge < -0.3 is 0 Å². The number of carbonyl (C=O) groups excluding carboxylic acids is 1. The second-order valence-corrected chi connectivity index (χ2v) is 10.9. The first kappa shape index (κ1) is 18.3. The number of Topliss-reactive ketones (excluding diaryl/α,β-unsaturated/α-hetero) is 1. The summed E-state index contributed by atoms with van der Waals surface area (Å²) in [4.78, 5) is 12.3. The number of sulfonamides is 2. The average Bonchev–Trinajstić information content (AvgIpc) is 2.79. The Labute approximate surface area is 148 Å². The Morgan fingerprint density at radius 1 is 1.24 bits per heavy atom. The van der Waals surface area contributed by atoms with Crippen LogP contribution in [0.4, 0.5) is 5.69 Å². The minimum Gasteiger partial charge on any atom is -0.299 e. The molecule has 0 unspecified atom stereocenters. The highest BCUT2D eigenvalue weighted by Gasteiger charge is 2.65. The number of anilines is 1. The van der Waals surface area contributed by atoms with Gasteiger partial charge in [0.2, 0.25) is 20.0 Å². The summed E-state index contributed by atoms with van der Waals surface area (Å²) >= 11 is 0. The number of carbonyl (C=O) groups is 1. The number of fused-ring (bicyclic) bond motifs is 2. The quantitative estimate of drug-likeness (QED) is 0.793. The first-order chi connectivity index (χ1) is 11.4. The molecule has 3 N–H and O–H groups in total. The van der Waals surface area contributed by atoms with E-state index in [2.05, 4.69) is 4.72 Å². The molecule has 0 amide bonds. The zero-order valence-electron chi connectivity index (χ0n) is 14.2. The molecule has 0 radical (unpaired) electrons.